The lowest BCUT2D eigenvalue weighted by Crippen LogP contribution is -2.42. The molecule has 9 nitrogen and oxygen atoms in total. The van der Waals surface area contributed by atoms with Gasteiger partial charge < -0.3 is 14.5 Å². The number of ether oxygens (including phenoxy) is 1. The SMILES string of the molecule is CCc1cc(N2CCOCC2)nc(C2CCN(C(=O)Cn3nc(C)ccc3=O)CC2)n1. The highest BCUT2D eigenvalue weighted by Gasteiger charge is 2.27. The summed E-state index contributed by atoms with van der Waals surface area (Å²) in [6.07, 6.45) is 2.50. The fraction of sp³-hybridized carbons (Fsp3) is 0.591. The number of nitrogens with zero attached hydrogens (tertiary/aromatic N) is 6. The standard InChI is InChI=1S/C22H30N6O3/c1-3-18-14-19(26-10-12-31-13-11-26)24-22(23-18)17-6-8-27(9-7-17)21(30)15-28-20(29)5-4-16(2)25-28/h4-5,14,17H,3,6-13,15H2,1-2H3. The Morgan fingerprint density at radius 2 is 1.87 bits per heavy atom. The van der Waals surface area contributed by atoms with E-state index in [4.69, 9.17) is 14.7 Å². The van der Waals surface area contributed by atoms with Crippen molar-refractivity contribution in [3.05, 3.63) is 45.8 Å². The van der Waals surface area contributed by atoms with Crippen LogP contribution in [0, 0.1) is 6.92 Å². The van der Waals surface area contributed by atoms with Crippen LogP contribution in [0.2, 0.25) is 0 Å². The lowest BCUT2D eigenvalue weighted by atomic mass is 9.95. The summed E-state index contributed by atoms with van der Waals surface area (Å²) in [6, 6.07) is 5.19. The van der Waals surface area contributed by atoms with Crippen LogP contribution in [-0.2, 0) is 22.5 Å². The van der Waals surface area contributed by atoms with E-state index >= 15 is 0 Å². The minimum atomic E-state index is -0.255. The molecule has 4 rings (SSSR count). The molecule has 9 heteroatoms. The number of carbonyl (C=O) groups is 1. The van der Waals surface area contributed by atoms with E-state index in [2.05, 4.69) is 23.0 Å². The second-order valence-electron chi connectivity index (χ2n) is 8.15. The Bertz CT molecular complexity index is 977. The Morgan fingerprint density at radius 1 is 1.13 bits per heavy atom. The summed E-state index contributed by atoms with van der Waals surface area (Å²) in [7, 11) is 0. The predicted molar refractivity (Wildman–Crippen MR) is 116 cm³/mol. The van der Waals surface area contributed by atoms with Gasteiger partial charge in [0.05, 0.1) is 18.9 Å². The van der Waals surface area contributed by atoms with Gasteiger partial charge in [-0.2, -0.15) is 5.10 Å². The maximum absolute atomic E-state index is 12.7. The van der Waals surface area contributed by atoms with Gasteiger partial charge in [0.15, 0.2) is 0 Å². The molecule has 2 aromatic rings. The lowest BCUT2D eigenvalue weighted by molar-refractivity contribution is -0.133. The Balaban J connectivity index is 1.41. The van der Waals surface area contributed by atoms with Gasteiger partial charge in [0.1, 0.15) is 18.2 Å². The van der Waals surface area contributed by atoms with Crippen LogP contribution in [0.25, 0.3) is 0 Å². The molecule has 0 radical (unpaired) electrons. The Kier molecular flexibility index (Phi) is 6.60. The van der Waals surface area contributed by atoms with Crippen molar-refractivity contribution >= 4 is 11.7 Å². The van der Waals surface area contributed by atoms with Gasteiger partial charge in [-0.15, -0.1) is 0 Å². The molecule has 1 amide bonds. The van der Waals surface area contributed by atoms with Gasteiger partial charge in [-0.1, -0.05) is 6.92 Å². The van der Waals surface area contributed by atoms with E-state index in [1.165, 1.54) is 10.7 Å². The van der Waals surface area contributed by atoms with Crippen molar-refractivity contribution in [1.82, 2.24) is 24.6 Å². The average Bonchev–Trinajstić information content (AvgIpc) is 2.81. The van der Waals surface area contributed by atoms with Gasteiger partial charge in [0.2, 0.25) is 5.91 Å². The largest absolute Gasteiger partial charge is 0.378 e. The van der Waals surface area contributed by atoms with Crippen LogP contribution in [0.5, 0.6) is 0 Å². The molecule has 2 saturated heterocycles. The smallest absolute Gasteiger partial charge is 0.267 e. The summed E-state index contributed by atoms with van der Waals surface area (Å²) < 4.78 is 6.71. The number of hydrogen-bond acceptors (Lipinski definition) is 7. The molecule has 2 aliphatic rings. The van der Waals surface area contributed by atoms with Crippen LogP contribution in [-0.4, -0.2) is 69.9 Å². The van der Waals surface area contributed by atoms with Gasteiger partial charge >= 0.3 is 0 Å². The minimum Gasteiger partial charge on any atom is -0.378 e. The third kappa shape index (κ3) is 5.10. The number of rotatable bonds is 5. The van der Waals surface area contributed by atoms with E-state index in [9.17, 15) is 9.59 Å². The summed E-state index contributed by atoms with van der Waals surface area (Å²) in [5.41, 5.74) is 1.51. The number of aryl methyl sites for hydroxylation is 2. The summed E-state index contributed by atoms with van der Waals surface area (Å²) in [4.78, 5) is 38.4. The summed E-state index contributed by atoms with van der Waals surface area (Å²) in [5, 5.41) is 4.17. The van der Waals surface area contributed by atoms with E-state index < -0.39 is 0 Å². The van der Waals surface area contributed by atoms with Crippen LogP contribution in [0.4, 0.5) is 5.82 Å². The molecule has 4 heterocycles. The zero-order valence-corrected chi connectivity index (χ0v) is 18.3. The van der Waals surface area contributed by atoms with Gasteiger partial charge in [-0.25, -0.2) is 14.6 Å². The van der Waals surface area contributed by atoms with Gasteiger partial charge in [-0.05, 0) is 32.3 Å². The molecule has 2 aliphatic heterocycles. The highest BCUT2D eigenvalue weighted by atomic mass is 16.5. The molecule has 0 bridgehead atoms. The highest BCUT2D eigenvalue weighted by molar-refractivity contribution is 5.76. The zero-order chi connectivity index (χ0) is 21.8. The molecule has 0 spiro atoms. The Labute approximate surface area is 182 Å². The second-order valence-corrected chi connectivity index (χ2v) is 8.15. The van der Waals surface area contributed by atoms with Crippen LogP contribution in [0.15, 0.2) is 23.0 Å². The molecule has 0 aliphatic carbocycles. The minimum absolute atomic E-state index is 0.0197. The third-order valence-electron chi connectivity index (χ3n) is 5.98. The summed E-state index contributed by atoms with van der Waals surface area (Å²) in [5.74, 6) is 2.02. The molecule has 2 fully saturated rings. The van der Waals surface area contributed by atoms with E-state index in [0.717, 1.165) is 68.6 Å². The van der Waals surface area contributed by atoms with Gasteiger partial charge in [0, 0.05) is 49.9 Å². The Morgan fingerprint density at radius 3 is 2.58 bits per heavy atom. The van der Waals surface area contributed by atoms with Crippen molar-refractivity contribution in [2.24, 2.45) is 0 Å². The van der Waals surface area contributed by atoms with E-state index in [1.807, 2.05) is 11.8 Å². The number of likely N-dealkylation sites (tertiary alicyclic amines) is 1. The number of piperidine rings is 1. The number of hydrogen-bond donors (Lipinski definition) is 0. The molecule has 0 atom stereocenters. The first-order valence-electron chi connectivity index (χ1n) is 11.1. The molecule has 0 saturated carbocycles. The molecule has 31 heavy (non-hydrogen) atoms. The summed E-state index contributed by atoms with van der Waals surface area (Å²) >= 11 is 0. The van der Waals surface area contributed by atoms with Gasteiger partial charge in [0.25, 0.3) is 5.56 Å². The van der Waals surface area contributed by atoms with Crippen LogP contribution in [0.3, 0.4) is 0 Å². The second kappa shape index (κ2) is 9.55. The monoisotopic (exact) mass is 426 g/mol. The maximum Gasteiger partial charge on any atom is 0.267 e. The molecule has 0 unspecified atom stereocenters. The number of aromatic nitrogens is 4. The maximum atomic E-state index is 12.7. The van der Waals surface area contributed by atoms with E-state index in [1.54, 1.807) is 6.07 Å². The summed E-state index contributed by atoms with van der Waals surface area (Å²) in [6.45, 7) is 8.30. The van der Waals surface area contributed by atoms with Crippen molar-refractivity contribution in [3.8, 4) is 0 Å². The quantitative estimate of drug-likeness (QED) is 0.708. The first-order chi connectivity index (χ1) is 15.0. The fourth-order valence-corrected chi connectivity index (χ4v) is 4.10. The average molecular weight is 427 g/mol. The lowest BCUT2D eigenvalue weighted by Gasteiger charge is -2.32. The van der Waals surface area contributed by atoms with Crippen LogP contribution in [0.1, 0.15) is 42.9 Å². The van der Waals surface area contributed by atoms with Crippen molar-refractivity contribution in [2.75, 3.05) is 44.3 Å². The highest BCUT2D eigenvalue weighted by Crippen LogP contribution is 2.28. The van der Waals surface area contributed by atoms with Crippen molar-refractivity contribution in [1.29, 1.82) is 0 Å². The molecular formula is C22H30N6O3. The van der Waals surface area contributed by atoms with E-state index in [0.29, 0.717) is 13.1 Å². The molecular weight excluding hydrogens is 396 g/mol. The number of amides is 1. The number of carbonyl (C=O) groups excluding carboxylic acids is 1. The van der Waals surface area contributed by atoms with Crippen molar-refractivity contribution in [2.45, 2.75) is 45.6 Å². The molecule has 0 aromatic carbocycles. The van der Waals surface area contributed by atoms with Crippen molar-refractivity contribution in [3.63, 3.8) is 0 Å². The fourth-order valence-electron chi connectivity index (χ4n) is 4.10. The van der Waals surface area contributed by atoms with Crippen LogP contribution >= 0.6 is 0 Å². The zero-order valence-electron chi connectivity index (χ0n) is 18.3. The molecule has 0 N–H and O–H groups in total. The topological polar surface area (TPSA) is 93.5 Å². The predicted octanol–water partition coefficient (Wildman–Crippen LogP) is 1.15. The third-order valence-corrected chi connectivity index (χ3v) is 5.98. The first-order valence-corrected chi connectivity index (χ1v) is 11.1. The molecule has 166 valence electrons. The number of anilines is 1. The normalized spacial score (nSPS) is 17.7. The first kappa shape index (κ1) is 21.4. The van der Waals surface area contributed by atoms with Crippen molar-refractivity contribution < 1.29 is 9.53 Å². The van der Waals surface area contributed by atoms with Crippen LogP contribution < -0.4 is 10.5 Å². The molecule has 2 aromatic heterocycles. The Hall–Kier alpha value is -2.81. The number of morpholine rings is 1. The van der Waals surface area contributed by atoms with Gasteiger partial charge in [-0.3, -0.25) is 9.59 Å². The van der Waals surface area contributed by atoms with E-state index in [-0.39, 0.29) is 23.9 Å².